The van der Waals surface area contributed by atoms with E-state index in [-0.39, 0.29) is 5.91 Å². The van der Waals surface area contributed by atoms with Crippen LogP contribution < -0.4 is 10.1 Å². The van der Waals surface area contributed by atoms with Crippen molar-refractivity contribution in [2.45, 2.75) is 19.9 Å². The molecule has 0 radical (unpaired) electrons. The molecule has 24 heavy (non-hydrogen) atoms. The van der Waals surface area contributed by atoms with Crippen molar-refractivity contribution in [3.8, 4) is 5.75 Å². The van der Waals surface area contributed by atoms with Gasteiger partial charge < -0.3 is 10.1 Å². The molecule has 0 spiro atoms. The molecule has 0 saturated heterocycles. The molecule has 1 amide bonds. The molecule has 2 aromatic carbocycles. The predicted octanol–water partition coefficient (Wildman–Crippen LogP) is 2.88. The number of benzene rings is 2. The number of likely N-dealkylation sites (N-methyl/N-ethyl adjacent to an activating group) is 1. The van der Waals surface area contributed by atoms with Crippen LogP contribution in [0.1, 0.15) is 18.1 Å². The van der Waals surface area contributed by atoms with E-state index in [1.807, 2.05) is 61.3 Å². The van der Waals surface area contributed by atoms with Gasteiger partial charge in [0, 0.05) is 13.1 Å². The van der Waals surface area contributed by atoms with Gasteiger partial charge in [0.05, 0.1) is 13.2 Å². The lowest BCUT2D eigenvalue weighted by Gasteiger charge is -2.16. The maximum Gasteiger partial charge on any atom is 0.234 e. The van der Waals surface area contributed by atoms with E-state index in [1.165, 1.54) is 5.56 Å². The van der Waals surface area contributed by atoms with Crippen molar-refractivity contribution in [2.75, 3.05) is 26.7 Å². The highest BCUT2D eigenvalue weighted by Gasteiger charge is 2.07. The molecule has 4 heteroatoms. The van der Waals surface area contributed by atoms with E-state index in [0.717, 1.165) is 24.3 Å². The summed E-state index contributed by atoms with van der Waals surface area (Å²) in [4.78, 5) is 14.0. The normalized spacial score (nSPS) is 10.6. The van der Waals surface area contributed by atoms with Gasteiger partial charge in [-0.25, -0.2) is 0 Å². The van der Waals surface area contributed by atoms with E-state index in [2.05, 4.69) is 17.4 Å². The van der Waals surface area contributed by atoms with Crippen molar-refractivity contribution in [3.63, 3.8) is 0 Å². The van der Waals surface area contributed by atoms with Gasteiger partial charge in [0.2, 0.25) is 5.91 Å². The number of rotatable bonds is 9. The van der Waals surface area contributed by atoms with E-state index in [1.54, 1.807) is 0 Å². The van der Waals surface area contributed by atoms with Crippen LogP contribution in [0.3, 0.4) is 0 Å². The smallest absolute Gasteiger partial charge is 0.234 e. The van der Waals surface area contributed by atoms with Crippen LogP contribution in [0.4, 0.5) is 0 Å². The van der Waals surface area contributed by atoms with Gasteiger partial charge in [0.1, 0.15) is 5.75 Å². The Hall–Kier alpha value is -2.33. The summed E-state index contributed by atoms with van der Waals surface area (Å²) in [6.45, 7) is 4.43. The molecule has 0 bridgehead atoms. The van der Waals surface area contributed by atoms with Crippen LogP contribution in [0.15, 0.2) is 54.6 Å². The first-order valence-electron chi connectivity index (χ1n) is 8.38. The molecule has 0 saturated carbocycles. The molecule has 0 unspecified atom stereocenters. The Morgan fingerprint density at radius 1 is 1.04 bits per heavy atom. The predicted molar refractivity (Wildman–Crippen MR) is 97.1 cm³/mol. The fraction of sp³-hybridized carbons (Fsp3) is 0.350. The largest absolute Gasteiger partial charge is 0.494 e. The third-order valence-corrected chi connectivity index (χ3v) is 3.68. The first kappa shape index (κ1) is 18.0. The molecule has 1 N–H and O–H groups in total. The first-order chi connectivity index (χ1) is 11.7. The summed E-state index contributed by atoms with van der Waals surface area (Å²) in [5.41, 5.74) is 2.40. The molecule has 128 valence electrons. The maximum absolute atomic E-state index is 12.0. The number of carbonyl (C=O) groups excluding carboxylic acids is 1. The summed E-state index contributed by atoms with van der Waals surface area (Å²) in [7, 11) is 1.95. The lowest BCUT2D eigenvalue weighted by molar-refractivity contribution is -0.122. The Morgan fingerprint density at radius 2 is 1.75 bits per heavy atom. The van der Waals surface area contributed by atoms with Gasteiger partial charge in [-0.1, -0.05) is 42.5 Å². The lowest BCUT2D eigenvalue weighted by Crippen LogP contribution is -2.35. The Kier molecular flexibility index (Phi) is 7.30. The summed E-state index contributed by atoms with van der Waals surface area (Å²) in [5.74, 6) is 0.932. The highest BCUT2D eigenvalue weighted by Crippen LogP contribution is 2.13. The fourth-order valence-corrected chi connectivity index (χ4v) is 2.52. The minimum atomic E-state index is 0.0550. The Morgan fingerprint density at radius 3 is 2.42 bits per heavy atom. The quantitative estimate of drug-likeness (QED) is 0.770. The molecule has 0 aromatic heterocycles. The number of nitrogens with one attached hydrogen (secondary N) is 1. The summed E-state index contributed by atoms with van der Waals surface area (Å²) in [5, 5.41) is 2.97. The molecule has 0 aliphatic heterocycles. The van der Waals surface area contributed by atoms with Gasteiger partial charge in [0.25, 0.3) is 0 Å². The zero-order valence-corrected chi connectivity index (χ0v) is 14.5. The number of nitrogens with zero attached hydrogens (tertiary/aromatic N) is 1. The molecule has 4 nitrogen and oxygen atoms in total. The van der Waals surface area contributed by atoms with Gasteiger partial charge >= 0.3 is 0 Å². The number of ether oxygens (including phenoxy) is 1. The van der Waals surface area contributed by atoms with Crippen molar-refractivity contribution in [2.24, 2.45) is 0 Å². The van der Waals surface area contributed by atoms with Crippen molar-refractivity contribution < 1.29 is 9.53 Å². The zero-order chi connectivity index (χ0) is 17.2. The molecule has 2 aromatic rings. The van der Waals surface area contributed by atoms with Crippen LogP contribution in [0.2, 0.25) is 0 Å². The van der Waals surface area contributed by atoms with E-state index in [0.29, 0.717) is 19.7 Å². The SMILES string of the molecule is CCOc1ccc(CN(C)CC(=O)NCCc2ccccc2)cc1. The number of hydrogen-bond acceptors (Lipinski definition) is 3. The number of hydrogen-bond donors (Lipinski definition) is 1. The standard InChI is InChI=1S/C20H26N2O2/c1-3-24-19-11-9-18(10-12-19)15-22(2)16-20(23)21-14-13-17-7-5-4-6-8-17/h4-12H,3,13-16H2,1-2H3,(H,21,23). The van der Waals surface area contributed by atoms with Crippen LogP contribution >= 0.6 is 0 Å². The topological polar surface area (TPSA) is 41.6 Å². The van der Waals surface area contributed by atoms with Gasteiger partial charge in [-0.15, -0.1) is 0 Å². The average Bonchev–Trinajstić information content (AvgIpc) is 2.58. The molecule has 0 heterocycles. The van der Waals surface area contributed by atoms with Crippen molar-refractivity contribution in [1.29, 1.82) is 0 Å². The highest BCUT2D eigenvalue weighted by atomic mass is 16.5. The summed E-state index contributed by atoms with van der Waals surface area (Å²) in [6, 6.07) is 18.2. The molecule has 0 fully saturated rings. The third-order valence-electron chi connectivity index (χ3n) is 3.68. The summed E-state index contributed by atoms with van der Waals surface area (Å²) >= 11 is 0. The van der Waals surface area contributed by atoms with E-state index < -0.39 is 0 Å². The maximum atomic E-state index is 12.0. The van der Waals surface area contributed by atoms with Gasteiger partial charge in [-0.05, 0) is 43.7 Å². The van der Waals surface area contributed by atoms with Crippen molar-refractivity contribution in [3.05, 3.63) is 65.7 Å². The number of carbonyl (C=O) groups is 1. The second-order valence-electron chi connectivity index (χ2n) is 5.83. The molecule has 2 rings (SSSR count). The summed E-state index contributed by atoms with van der Waals surface area (Å²) in [6.07, 6.45) is 0.856. The van der Waals surface area contributed by atoms with Crippen LogP contribution in [0.25, 0.3) is 0 Å². The highest BCUT2D eigenvalue weighted by molar-refractivity contribution is 5.77. The zero-order valence-electron chi connectivity index (χ0n) is 14.5. The number of amides is 1. The van der Waals surface area contributed by atoms with Gasteiger partial charge in [-0.3, -0.25) is 9.69 Å². The van der Waals surface area contributed by atoms with Crippen LogP contribution in [0.5, 0.6) is 5.75 Å². The average molecular weight is 326 g/mol. The van der Waals surface area contributed by atoms with E-state index in [4.69, 9.17) is 4.74 Å². The Labute approximate surface area is 144 Å². The molecule has 0 atom stereocenters. The Balaban J connectivity index is 1.69. The molecular weight excluding hydrogens is 300 g/mol. The lowest BCUT2D eigenvalue weighted by atomic mass is 10.1. The second-order valence-corrected chi connectivity index (χ2v) is 5.83. The molecule has 0 aliphatic rings. The van der Waals surface area contributed by atoms with Gasteiger partial charge in [0.15, 0.2) is 0 Å². The van der Waals surface area contributed by atoms with Crippen molar-refractivity contribution >= 4 is 5.91 Å². The Bertz CT molecular complexity index is 611. The first-order valence-corrected chi connectivity index (χ1v) is 8.38. The minimum absolute atomic E-state index is 0.0550. The summed E-state index contributed by atoms with van der Waals surface area (Å²) < 4.78 is 5.43. The molecular formula is C20H26N2O2. The van der Waals surface area contributed by atoms with Crippen LogP contribution in [-0.4, -0.2) is 37.6 Å². The van der Waals surface area contributed by atoms with E-state index >= 15 is 0 Å². The van der Waals surface area contributed by atoms with Crippen LogP contribution in [0, 0.1) is 0 Å². The van der Waals surface area contributed by atoms with Crippen molar-refractivity contribution in [1.82, 2.24) is 10.2 Å². The molecule has 0 aliphatic carbocycles. The monoisotopic (exact) mass is 326 g/mol. The minimum Gasteiger partial charge on any atom is -0.494 e. The third kappa shape index (κ3) is 6.42. The fourth-order valence-electron chi connectivity index (χ4n) is 2.52. The second kappa shape index (κ2) is 9.73. The van der Waals surface area contributed by atoms with Crippen LogP contribution in [-0.2, 0) is 17.8 Å². The van der Waals surface area contributed by atoms with Gasteiger partial charge in [-0.2, -0.15) is 0 Å². The van der Waals surface area contributed by atoms with E-state index in [9.17, 15) is 4.79 Å².